The first-order valence-electron chi connectivity index (χ1n) is 6.20. The van der Waals surface area contributed by atoms with E-state index in [1.807, 2.05) is 13.8 Å². The zero-order valence-electron chi connectivity index (χ0n) is 11.4. The Labute approximate surface area is 112 Å². The molecule has 5 heteroatoms. The highest BCUT2D eigenvalue weighted by Crippen LogP contribution is 2.16. The maximum Gasteiger partial charge on any atom is 0.335 e. The van der Waals surface area contributed by atoms with Gasteiger partial charge >= 0.3 is 5.97 Å². The van der Waals surface area contributed by atoms with Crippen molar-refractivity contribution in [2.75, 3.05) is 5.32 Å². The summed E-state index contributed by atoms with van der Waals surface area (Å²) in [7, 11) is 0. The molecule has 0 fully saturated rings. The Balaban J connectivity index is 2.70. The molecule has 0 spiro atoms. The molecule has 1 unspecified atom stereocenters. The van der Waals surface area contributed by atoms with Crippen LogP contribution in [0.25, 0.3) is 0 Å². The van der Waals surface area contributed by atoms with E-state index in [0.29, 0.717) is 11.3 Å². The van der Waals surface area contributed by atoms with E-state index in [-0.39, 0.29) is 29.9 Å². The fraction of sp³-hybridized carbons (Fsp3) is 0.429. The van der Waals surface area contributed by atoms with Crippen molar-refractivity contribution in [3.8, 4) is 0 Å². The highest BCUT2D eigenvalue weighted by Gasteiger charge is 2.14. The number of carboxylic acids is 1. The topological polar surface area (TPSA) is 92.4 Å². The number of carboxylic acid groups (broad SMARTS) is 1. The normalized spacial score (nSPS) is 12.3. The monoisotopic (exact) mass is 264 g/mol. The Bertz CT molecular complexity index is 484. The number of carbonyl (C=O) groups excluding carboxylic acids is 1. The van der Waals surface area contributed by atoms with Crippen LogP contribution in [0.2, 0.25) is 0 Å². The molecule has 0 saturated carbocycles. The van der Waals surface area contributed by atoms with E-state index in [1.54, 1.807) is 19.1 Å². The number of amides is 1. The molecule has 104 valence electrons. The largest absolute Gasteiger partial charge is 0.478 e. The van der Waals surface area contributed by atoms with Crippen molar-refractivity contribution >= 4 is 17.6 Å². The zero-order chi connectivity index (χ0) is 14.6. The fourth-order valence-corrected chi connectivity index (χ4v) is 1.64. The summed E-state index contributed by atoms with van der Waals surface area (Å²) in [5, 5.41) is 11.6. The number of hydrogen-bond acceptors (Lipinski definition) is 3. The average Bonchev–Trinajstić information content (AvgIpc) is 2.27. The molecule has 0 radical (unpaired) electrons. The van der Waals surface area contributed by atoms with Crippen molar-refractivity contribution in [1.82, 2.24) is 0 Å². The number of aryl methyl sites for hydroxylation is 1. The van der Waals surface area contributed by atoms with Gasteiger partial charge in [0.05, 0.1) is 5.56 Å². The van der Waals surface area contributed by atoms with Gasteiger partial charge in [-0.2, -0.15) is 0 Å². The van der Waals surface area contributed by atoms with Gasteiger partial charge in [-0.25, -0.2) is 4.79 Å². The van der Waals surface area contributed by atoms with Crippen molar-refractivity contribution < 1.29 is 14.7 Å². The summed E-state index contributed by atoms with van der Waals surface area (Å²) in [5.74, 6) is -0.900. The van der Waals surface area contributed by atoms with E-state index >= 15 is 0 Å². The quantitative estimate of drug-likeness (QED) is 0.758. The van der Waals surface area contributed by atoms with Gasteiger partial charge in [0.2, 0.25) is 5.91 Å². The van der Waals surface area contributed by atoms with Gasteiger partial charge in [0.25, 0.3) is 0 Å². The van der Waals surface area contributed by atoms with E-state index in [9.17, 15) is 9.59 Å². The van der Waals surface area contributed by atoms with Crippen LogP contribution in [0.1, 0.15) is 36.2 Å². The Morgan fingerprint density at radius 3 is 2.47 bits per heavy atom. The Hall–Kier alpha value is -1.88. The van der Waals surface area contributed by atoms with Gasteiger partial charge in [0.15, 0.2) is 0 Å². The lowest BCUT2D eigenvalue weighted by atomic mass is 10.0. The molecule has 0 saturated heterocycles. The summed E-state index contributed by atoms with van der Waals surface area (Å²) < 4.78 is 0. The number of nitrogens with two attached hydrogens (primary N) is 1. The SMILES string of the molecule is Cc1cc(NC(=O)CC(N)C(C)C)ccc1C(=O)O. The van der Waals surface area contributed by atoms with E-state index in [0.717, 1.165) is 0 Å². The van der Waals surface area contributed by atoms with Crippen LogP contribution in [0, 0.1) is 12.8 Å². The van der Waals surface area contributed by atoms with Crippen molar-refractivity contribution in [1.29, 1.82) is 0 Å². The minimum Gasteiger partial charge on any atom is -0.478 e. The first-order valence-corrected chi connectivity index (χ1v) is 6.20. The van der Waals surface area contributed by atoms with Gasteiger partial charge in [0, 0.05) is 18.2 Å². The third-order valence-corrected chi connectivity index (χ3v) is 3.02. The summed E-state index contributed by atoms with van der Waals surface area (Å²) in [6.07, 6.45) is 0.247. The summed E-state index contributed by atoms with van der Waals surface area (Å²) in [6.45, 7) is 5.62. The maximum absolute atomic E-state index is 11.7. The second-order valence-electron chi connectivity index (χ2n) is 5.00. The molecule has 0 aromatic heterocycles. The van der Waals surface area contributed by atoms with Crippen LogP contribution in [-0.2, 0) is 4.79 Å². The van der Waals surface area contributed by atoms with Gasteiger partial charge < -0.3 is 16.2 Å². The molecule has 1 atom stereocenters. The molecule has 5 nitrogen and oxygen atoms in total. The molecule has 0 aliphatic rings. The molecule has 0 bridgehead atoms. The number of hydrogen-bond donors (Lipinski definition) is 3. The lowest BCUT2D eigenvalue weighted by Crippen LogP contribution is -2.31. The molecule has 4 N–H and O–H groups in total. The summed E-state index contributed by atoms with van der Waals surface area (Å²) in [6, 6.07) is 4.52. The lowest BCUT2D eigenvalue weighted by Gasteiger charge is -2.15. The Morgan fingerprint density at radius 2 is 2.00 bits per heavy atom. The van der Waals surface area contributed by atoms with E-state index < -0.39 is 5.97 Å². The van der Waals surface area contributed by atoms with Crippen LogP contribution in [-0.4, -0.2) is 23.0 Å². The Morgan fingerprint density at radius 1 is 1.37 bits per heavy atom. The molecule has 1 aromatic carbocycles. The predicted octanol–water partition coefficient (Wildman–Crippen LogP) is 2.01. The summed E-state index contributed by atoms with van der Waals surface area (Å²) in [5.41, 5.74) is 7.26. The standard InChI is InChI=1S/C14H20N2O3/c1-8(2)12(15)7-13(17)16-10-4-5-11(14(18)19)9(3)6-10/h4-6,8,12H,7,15H2,1-3H3,(H,16,17)(H,18,19). The minimum atomic E-state index is -0.975. The van der Waals surface area contributed by atoms with Crippen LogP contribution in [0.3, 0.4) is 0 Å². The van der Waals surface area contributed by atoms with Crippen molar-refractivity contribution in [3.63, 3.8) is 0 Å². The molecule has 0 aliphatic heterocycles. The minimum absolute atomic E-state index is 0.163. The molecule has 0 aliphatic carbocycles. The summed E-state index contributed by atoms with van der Waals surface area (Å²) in [4.78, 5) is 22.6. The first-order chi connectivity index (χ1) is 8.81. The molecule has 1 rings (SSSR count). The highest BCUT2D eigenvalue weighted by atomic mass is 16.4. The van der Waals surface area contributed by atoms with Crippen molar-refractivity contribution in [3.05, 3.63) is 29.3 Å². The van der Waals surface area contributed by atoms with Crippen molar-refractivity contribution in [2.24, 2.45) is 11.7 Å². The number of carbonyl (C=O) groups is 2. The molecule has 0 heterocycles. The van der Waals surface area contributed by atoms with Crippen LogP contribution in [0.5, 0.6) is 0 Å². The number of anilines is 1. The van der Waals surface area contributed by atoms with Gasteiger partial charge in [0.1, 0.15) is 0 Å². The third-order valence-electron chi connectivity index (χ3n) is 3.02. The third kappa shape index (κ3) is 4.37. The zero-order valence-corrected chi connectivity index (χ0v) is 11.4. The van der Waals surface area contributed by atoms with Crippen LogP contribution in [0.15, 0.2) is 18.2 Å². The maximum atomic E-state index is 11.7. The van der Waals surface area contributed by atoms with Crippen LogP contribution < -0.4 is 11.1 Å². The number of rotatable bonds is 5. The van der Waals surface area contributed by atoms with Gasteiger partial charge in [-0.1, -0.05) is 13.8 Å². The number of aromatic carboxylic acids is 1. The molecule has 1 amide bonds. The lowest BCUT2D eigenvalue weighted by molar-refractivity contribution is -0.116. The fourth-order valence-electron chi connectivity index (χ4n) is 1.64. The van der Waals surface area contributed by atoms with Gasteiger partial charge in [-0.3, -0.25) is 4.79 Å². The molecule has 19 heavy (non-hydrogen) atoms. The van der Waals surface area contributed by atoms with E-state index in [4.69, 9.17) is 10.8 Å². The van der Waals surface area contributed by atoms with E-state index in [2.05, 4.69) is 5.32 Å². The van der Waals surface area contributed by atoms with Crippen molar-refractivity contribution in [2.45, 2.75) is 33.2 Å². The molecular weight excluding hydrogens is 244 g/mol. The molecular formula is C14H20N2O3. The Kier molecular flexibility index (Phi) is 5.06. The van der Waals surface area contributed by atoms with Crippen LogP contribution >= 0.6 is 0 Å². The number of benzene rings is 1. The smallest absolute Gasteiger partial charge is 0.335 e. The average molecular weight is 264 g/mol. The highest BCUT2D eigenvalue weighted by molar-refractivity contribution is 5.93. The van der Waals surface area contributed by atoms with Crippen LogP contribution in [0.4, 0.5) is 5.69 Å². The second-order valence-corrected chi connectivity index (χ2v) is 5.00. The van der Waals surface area contributed by atoms with Gasteiger partial charge in [-0.05, 0) is 36.6 Å². The number of nitrogens with one attached hydrogen (secondary N) is 1. The van der Waals surface area contributed by atoms with E-state index in [1.165, 1.54) is 6.07 Å². The first kappa shape index (κ1) is 15.2. The predicted molar refractivity (Wildman–Crippen MR) is 74.2 cm³/mol. The second kappa shape index (κ2) is 6.33. The van der Waals surface area contributed by atoms with Gasteiger partial charge in [-0.15, -0.1) is 0 Å². The summed E-state index contributed by atoms with van der Waals surface area (Å²) >= 11 is 0. The molecule has 1 aromatic rings.